The fourth-order valence-corrected chi connectivity index (χ4v) is 5.67. The number of aliphatic hydroxyl groups excluding tert-OH is 1. The van der Waals surface area contributed by atoms with Crippen molar-refractivity contribution in [3.63, 3.8) is 0 Å². The summed E-state index contributed by atoms with van der Waals surface area (Å²) in [5.74, 6) is 0.983. The average Bonchev–Trinajstić information content (AvgIpc) is 3.42. The Morgan fingerprint density at radius 1 is 1.00 bits per heavy atom. The number of rotatable bonds is 6. The molecule has 33 heavy (non-hydrogen) atoms. The van der Waals surface area contributed by atoms with Gasteiger partial charge in [-0.05, 0) is 62.4 Å². The molecule has 5 rings (SSSR count). The molecule has 1 spiro atoms. The first-order valence-corrected chi connectivity index (χ1v) is 12.2. The molecule has 2 fully saturated rings. The van der Waals surface area contributed by atoms with E-state index in [2.05, 4.69) is 4.90 Å². The Balaban J connectivity index is 1.22. The van der Waals surface area contributed by atoms with Crippen LogP contribution in [0.3, 0.4) is 0 Å². The molecular formula is C27H32FN3O2. The lowest BCUT2D eigenvalue weighted by atomic mass is 9.89. The van der Waals surface area contributed by atoms with Crippen LogP contribution in [0.15, 0.2) is 59.6 Å². The molecule has 1 N–H and O–H groups in total. The van der Waals surface area contributed by atoms with Gasteiger partial charge in [0.2, 0.25) is 0 Å². The third kappa shape index (κ3) is 4.59. The molecule has 0 aromatic heterocycles. The van der Waals surface area contributed by atoms with Crippen LogP contribution in [0.25, 0.3) is 0 Å². The van der Waals surface area contributed by atoms with Crippen LogP contribution in [-0.2, 0) is 4.79 Å². The predicted molar refractivity (Wildman–Crippen MR) is 127 cm³/mol. The number of benzene rings is 2. The van der Waals surface area contributed by atoms with Gasteiger partial charge in [0.1, 0.15) is 17.2 Å². The van der Waals surface area contributed by atoms with Gasteiger partial charge in [0.15, 0.2) is 0 Å². The van der Waals surface area contributed by atoms with Crippen LogP contribution in [0.1, 0.15) is 55.6 Å². The van der Waals surface area contributed by atoms with E-state index in [0.717, 1.165) is 57.2 Å². The number of amides is 1. The highest BCUT2D eigenvalue weighted by molar-refractivity contribution is 6.15. The molecular weight excluding hydrogens is 417 g/mol. The summed E-state index contributed by atoms with van der Waals surface area (Å²) in [7, 11) is 0. The largest absolute Gasteiger partial charge is 0.390 e. The smallest absolute Gasteiger partial charge is 0.256 e. The maximum absolute atomic E-state index is 13.4. The van der Waals surface area contributed by atoms with E-state index in [1.165, 1.54) is 17.7 Å². The summed E-state index contributed by atoms with van der Waals surface area (Å²) in [4.78, 5) is 22.4. The van der Waals surface area contributed by atoms with Crippen LogP contribution in [-0.4, -0.2) is 64.5 Å². The van der Waals surface area contributed by atoms with Crippen molar-refractivity contribution < 1.29 is 14.3 Å². The first kappa shape index (κ1) is 22.2. The van der Waals surface area contributed by atoms with Gasteiger partial charge in [-0.2, -0.15) is 0 Å². The molecule has 6 heteroatoms. The summed E-state index contributed by atoms with van der Waals surface area (Å²) in [5, 5.41) is 11.0. The Bertz CT molecular complexity index is 994. The molecule has 2 aromatic rings. The van der Waals surface area contributed by atoms with E-state index >= 15 is 0 Å². The second-order valence-electron chi connectivity index (χ2n) is 9.74. The number of β-amino-alcohol motifs (C(OH)–C–C–N with tert-alkyl or cyclic N) is 1. The summed E-state index contributed by atoms with van der Waals surface area (Å²) in [6.07, 6.45) is 4.98. The van der Waals surface area contributed by atoms with E-state index in [9.17, 15) is 14.3 Å². The van der Waals surface area contributed by atoms with Gasteiger partial charge in [-0.25, -0.2) is 4.39 Å². The highest BCUT2D eigenvalue weighted by atomic mass is 19.1. The highest BCUT2D eigenvalue weighted by Gasteiger charge is 2.50. The van der Waals surface area contributed by atoms with Crippen LogP contribution in [0.4, 0.5) is 4.39 Å². The zero-order valence-corrected chi connectivity index (χ0v) is 19.0. The Hall–Kier alpha value is -2.57. The minimum absolute atomic E-state index is 0.0490. The summed E-state index contributed by atoms with van der Waals surface area (Å²) >= 11 is 0. The molecule has 2 aromatic carbocycles. The van der Waals surface area contributed by atoms with Gasteiger partial charge in [0, 0.05) is 12.1 Å². The number of carbonyl (C=O) groups is 1. The van der Waals surface area contributed by atoms with Crippen molar-refractivity contribution in [1.29, 1.82) is 0 Å². The van der Waals surface area contributed by atoms with E-state index in [1.54, 1.807) is 4.90 Å². The van der Waals surface area contributed by atoms with Gasteiger partial charge in [0.25, 0.3) is 5.91 Å². The number of aliphatic imine (C=N–C) groups is 1. The molecule has 1 aliphatic carbocycles. The van der Waals surface area contributed by atoms with Crippen molar-refractivity contribution in [2.45, 2.75) is 56.1 Å². The zero-order chi connectivity index (χ0) is 22.8. The Morgan fingerprint density at radius 3 is 2.33 bits per heavy atom. The van der Waals surface area contributed by atoms with E-state index < -0.39 is 11.6 Å². The van der Waals surface area contributed by atoms with Crippen molar-refractivity contribution >= 4 is 11.7 Å². The Morgan fingerprint density at radius 2 is 1.67 bits per heavy atom. The Kier molecular flexibility index (Phi) is 6.30. The van der Waals surface area contributed by atoms with Crippen molar-refractivity contribution in [2.75, 3.05) is 26.2 Å². The highest BCUT2D eigenvalue weighted by Crippen LogP contribution is 2.40. The van der Waals surface area contributed by atoms with Crippen LogP contribution in [0.2, 0.25) is 0 Å². The van der Waals surface area contributed by atoms with Gasteiger partial charge < -0.3 is 10.0 Å². The topological polar surface area (TPSA) is 56.1 Å². The third-order valence-electron chi connectivity index (χ3n) is 7.47. The summed E-state index contributed by atoms with van der Waals surface area (Å²) in [5.41, 5.74) is 1.49. The lowest BCUT2D eigenvalue weighted by Gasteiger charge is -2.34. The second-order valence-corrected chi connectivity index (χ2v) is 9.74. The number of hydrogen-bond donors (Lipinski definition) is 1. The SMILES string of the molecule is O=C1N(CC(O)CN2CCC(c3ccc(F)cc3)CC2)C(c2ccccc2)=NC12CCCC2. The Labute approximate surface area is 194 Å². The lowest BCUT2D eigenvalue weighted by molar-refractivity contribution is -0.132. The van der Waals surface area contributed by atoms with Crippen LogP contribution >= 0.6 is 0 Å². The van der Waals surface area contributed by atoms with Gasteiger partial charge in [-0.1, -0.05) is 55.3 Å². The van der Waals surface area contributed by atoms with Crippen molar-refractivity contribution in [2.24, 2.45) is 4.99 Å². The molecule has 2 aliphatic heterocycles. The maximum atomic E-state index is 13.4. The molecule has 0 bridgehead atoms. The second kappa shape index (κ2) is 9.35. The van der Waals surface area contributed by atoms with E-state index in [0.29, 0.717) is 18.3 Å². The molecule has 2 heterocycles. The van der Waals surface area contributed by atoms with Crippen LogP contribution in [0.5, 0.6) is 0 Å². The summed E-state index contributed by atoms with van der Waals surface area (Å²) in [6, 6.07) is 16.7. The predicted octanol–water partition coefficient (Wildman–Crippen LogP) is 3.97. The average molecular weight is 450 g/mol. The number of piperidine rings is 1. The number of nitrogens with zero attached hydrogens (tertiary/aromatic N) is 3. The van der Waals surface area contributed by atoms with Crippen molar-refractivity contribution in [1.82, 2.24) is 9.80 Å². The van der Waals surface area contributed by atoms with Gasteiger partial charge >= 0.3 is 0 Å². The standard InChI is InChI=1S/C27H32FN3O2/c28-23-10-8-20(9-11-23)21-12-16-30(17-13-21)18-24(32)19-31-25(22-6-2-1-3-7-22)29-27(26(31)33)14-4-5-15-27/h1-3,6-11,21,24,32H,4-5,12-19H2. The molecule has 1 amide bonds. The van der Waals surface area contributed by atoms with Crippen molar-refractivity contribution in [3.05, 3.63) is 71.5 Å². The van der Waals surface area contributed by atoms with Crippen LogP contribution in [0, 0.1) is 5.82 Å². The fourth-order valence-electron chi connectivity index (χ4n) is 5.67. The molecule has 1 saturated carbocycles. The molecule has 5 nitrogen and oxygen atoms in total. The van der Waals surface area contributed by atoms with E-state index in [-0.39, 0.29) is 18.3 Å². The third-order valence-corrected chi connectivity index (χ3v) is 7.47. The molecule has 0 radical (unpaired) electrons. The quantitative estimate of drug-likeness (QED) is 0.726. The van der Waals surface area contributed by atoms with Crippen molar-refractivity contribution in [3.8, 4) is 0 Å². The molecule has 174 valence electrons. The minimum Gasteiger partial charge on any atom is -0.390 e. The number of aliphatic hydroxyl groups is 1. The summed E-state index contributed by atoms with van der Waals surface area (Å²) in [6.45, 7) is 2.58. The minimum atomic E-state index is -0.637. The molecule has 1 saturated heterocycles. The summed E-state index contributed by atoms with van der Waals surface area (Å²) < 4.78 is 13.2. The number of amidine groups is 1. The van der Waals surface area contributed by atoms with Gasteiger partial charge in [-0.3, -0.25) is 14.7 Å². The van der Waals surface area contributed by atoms with Gasteiger partial charge in [0.05, 0.1) is 12.6 Å². The van der Waals surface area contributed by atoms with Crippen LogP contribution < -0.4 is 0 Å². The first-order chi connectivity index (χ1) is 16.0. The monoisotopic (exact) mass is 449 g/mol. The maximum Gasteiger partial charge on any atom is 0.256 e. The van der Waals surface area contributed by atoms with Gasteiger partial charge in [-0.15, -0.1) is 0 Å². The molecule has 1 atom stereocenters. The number of hydrogen-bond acceptors (Lipinski definition) is 4. The van der Waals surface area contributed by atoms with E-state index in [1.807, 2.05) is 42.5 Å². The zero-order valence-electron chi connectivity index (χ0n) is 19.0. The fraction of sp³-hybridized carbons (Fsp3) is 0.481. The molecule has 1 unspecified atom stereocenters. The van der Waals surface area contributed by atoms with E-state index in [4.69, 9.17) is 4.99 Å². The number of likely N-dealkylation sites (tertiary alicyclic amines) is 1. The number of carbonyl (C=O) groups excluding carboxylic acids is 1. The number of halogens is 1. The first-order valence-electron chi connectivity index (χ1n) is 12.2. The lowest BCUT2D eigenvalue weighted by Crippen LogP contribution is -2.48. The molecule has 3 aliphatic rings. The normalized spacial score (nSPS) is 22.2.